The summed E-state index contributed by atoms with van der Waals surface area (Å²) >= 11 is 0. The maximum absolute atomic E-state index is 12.4. The monoisotopic (exact) mass is 524 g/mol. The molecule has 5 rings (SSSR count). The second-order valence-corrected chi connectivity index (χ2v) is 10.0. The van der Waals surface area contributed by atoms with E-state index in [2.05, 4.69) is 27.1 Å². The van der Waals surface area contributed by atoms with Crippen LogP contribution in [0.15, 0.2) is 73.1 Å². The Balaban J connectivity index is 1.26. The first-order chi connectivity index (χ1) is 19.1. The van der Waals surface area contributed by atoms with Crippen LogP contribution in [0.5, 0.6) is 11.5 Å². The summed E-state index contributed by atoms with van der Waals surface area (Å²) in [7, 11) is 1.66. The third-order valence-corrected chi connectivity index (χ3v) is 7.48. The number of hydrogen-bond donors (Lipinski definition) is 1. The van der Waals surface area contributed by atoms with Crippen LogP contribution in [0.25, 0.3) is 22.2 Å². The Morgan fingerprint density at radius 1 is 1.00 bits per heavy atom. The number of aromatic nitrogens is 2. The van der Waals surface area contributed by atoms with Crippen molar-refractivity contribution in [3.8, 4) is 22.8 Å². The van der Waals surface area contributed by atoms with Gasteiger partial charge in [0.05, 0.1) is 24.9 Å². The Labute approximate surface area is 230 Å². The molecular formula is C32H36N4O3. The van der Waals surface area contributed by atoms with Crippen LogP contribution in [-0.2, 0) is 11.2 Å². The smallest absolute Gasteiger partial charge is 0.224 e. The normalized spacial score (nSPS) is 14.3. The number of amides is 1. The van der Waals surface area contributed by atoms with E-state index in [1.165, 1.54) is 0 Å². The maximum Gasteiger partial charge on any atom is 0.224 e. The first kappa shape index (κ1) is 26.6. The number of aryl methyl sites for hydroxylation is 1. The summed E-state index contributed by atoms with van der Waals surface area (Å²) in [5.74, 6) is 1.92. The fourth-order valence-corrected chi connectivity index (χ4v) is 5.08. The molecule has 2 heterocycles. The minimum absolute atomic E-state index is 0.00716. The molecule has 1 aliphatic heterocycles. The lowest BCUT2D eigenvalue weighted by molar-refractivity contribution is -0.116. The summed E-state index contributed by atoms with van der Waals surface area (Å²) in [6, 6.07) is 21.7. The van der Waals surface area contributed by atoms with Crippen LogP contribution < -0.4 is 14.8 Å². The summed E-state index contributed by atoms with van der Waals surface area (Å²) in [6.45, 7) is 6.27. The highest BCUT2D eigenvalue weighted by molar-refractivity contribution is 5.95. The number of benzene rings is 3. The lowest BCUT2D eigenvalue weighted by atomic mass is 9.98. The van der Waals surface area contributed by atoms with Crippen LogP contribution in [0.2, 0.25) is 0 Å². The first-order valence-electron chi connectivity index (χ1n) is 13.7. The Morgan fingerprint density at radius 2 is 1.77 bits per heavy atom. The Hall–Kier alpha value is -3.97. The molecule has 7 nitrogen and oxygen atoms in total. The molecule has 1 N–H and O–H groups in total. The van der Waals surface area contributed by atoms with Gasteiger partial charge in [-0.2, -0.15) is 0 Å². The van der Waals surface area contributed by atoms with Gasteiger partial charge < -0.3 is 19.7 Å². The van der Waals surface area contributed by atoms with Crippen molar-refractivity contribution >= 4 is 22.5 Å². The van der Waals surface area contributed by atoms with E-state index in [9.17, 15) is 4.79 Å². The van der Waals surface area contributed by atoms with Crippen LogP contribution in [0.4, 0.5) is 5.69 Å². The maximum atomic E-state index is 12.4. The molecule has 1 saturated heterocycles. The largest absolute Gasteiger partial charge is 0.493 e. The van der Waals surface area contributed by atoms with E-state index in [1.807, 2.05) is 66.7 Å². The zero-order valence-corrected chi connectivity index (χ0v) is 22.7. The van der Waals surface area contributed by atoms with Gasteiger partial charge in [0.1, 0.15) is 6.33 Å². The predicted molar refractivity (Wildman–Crippen MR) is 155 cm³/mol. The van der Waals surface area contributed by atoms with Gasteiger partial charge in [0, 0.05) is 29.1 Å². The van der Waals surface area contributed by atoms with Crippen LogP contribution in [-0.4, -0.2) is 54.1 Å². The highest BCUT2D eigenvalue weighted by atomic mass is 16.5. The number of ether oxygens (including phenoxy) is 2. The van der Waals surface area contributed by atoms with E-state index < -0.39 is 0 Å². The van der Waals surface area contributed by atoms with E-state index >= 15 is 0 Å². The van der Waals surface area contributed by atoms with Gasteiger partial charge in [-0.1, -0.05) is 49.4 Å². The third kappa shape index (κ3) is 6.73. The Kier molecular flexibility index (Phi) is 8.68. The zero-order valence-electron chi connectivity index (χ0n) is 22.7. The van der Waals surface area contributed by atoms with E-state index in [4.69, 9.17) is 9.47 Å². The lowest BCUT2D eigenvalue weighted by Crippen LogP contribution is -2.35. The van der Waals surface area contributed by atoms with E-state index in [1.54, 1.807) is 13.4 Å². The van der Waals surface area contributed by atoms with E-state index in [0.29, 0.717) is 36.9 Å². The van der Waals surface area contributed by atoms with Gasteiger partial charge in [-0.3, -0.25) is 4.79 Å². The van der Waals surface area contributed by atoms with Crippen molar-refractivity contribution in [1.82, 2.24) is 14.9 Å². The van der Waals surface area contributed by atoms with Gasteiger partial charge in [-0.05, 0) is 68.6 Å². The molecular weight excluding hydrogens is 488 g/mol. The van der Waals surface area contributed by atoms with Crippen LogP contribution in [0, 0.1) is 5.92 Å². The van der Waals surface area contributed by atoms with Crippen LogP contribution >= 0.6 is 0 Å². The van der Waals surface area contributed by atoms with Gasteiger partial charge in [0.2, 0.25) is 5.91 Å². The topological polar surface area (TPSA) is 76.6 Å². The second-order valence-electron chi connectivity index (χ2n) is 10.0. The summed E-state index contributed by atoms with van der Waals surface area (Å²) in [4.78, 5) is 24.0. The highest BCUT2D eigenvalue weighted by Crippen LogP contribution is 2.36. The number of rotatable bonds is 10. The number of nitrogens with zero attached hydrogens (tertiary/aromatic N) is 3. The van der Waals surface area contributed by atoms with Crippen LogP contribution in [0.1, 0.15) is 31.7 Å². The molecule has 0 aliphatic carbocycles. The molecule has 7 heteroatoms. The van der Waals surface area contributed by atoms with Crippen molar-refractivity contribution in [3.63, 3.8) is 0 Å². The number of anilines is 1. The van der Waals surface area contributed by atoms with Crippen molar-refractivity contribution in [1.29, 1.82) is 0 Å². The van der Waals surface area contributed by atoms with Crippen molar-refractivity contribution in [3.05, 3.63) is 78.6 Å². The van der Waals surface area contributed by atoms with Gasteiger partial charge in [0.25, 0.3) is 0 Å². The number of carbonyl (C=O) groups excluding carboxylic acids is 1. The molecule has 0 bridgehead atoms. The third-order valence-electron chi connectivity index (χ3n) is 7.48. The summed E-state index contributed by atoms with van der Waals surface area (Å²) < 4.78 is 11.9. The van der Waals surface area contributed by atoms with Crippen molar-refractivity contribution in [2.45, 2.75) is 32.6 Å². The summed E-state index contributed by atoms with van der Waals surface area (Å²) in [5.41, 5.74) is 4.45. The van der Waals surface area contributed by atoms with Gasteiger partial charge in [-0.25, -0.2) is 9.97 Å². The molecule has 3 aromatic carbocycles. The number of piperidine rings is 1. The number of carbonyl (C=O) groups is 1. The van der Waals surface area contributed by atoms with Crippen LogP contribution in [0.3, 0.4) is 0 Å². The molecule has 1 amide bonds. The van der Waals surface area contributed by atoms with E-state index in [0.717, 1.165) is 65.9 Å². The standard InChI is InChI=1S/C32H36N4O3/c1-3-36-17-15-24(16-18-36)21-39-30-20-28-27(19-29(30)38-2)32(34-22-33-28)25-10-12-26(13-11-25)35-31(37)14-9-23-7-5-4-6-8-23/h4-8,10-13,19-20,22,24H,3,9,14-18,21H2,1-2H3,(H,35,37). The molecule has 0 atom stereocenters. The molecule has 0 spiro atoms. The van der Waals surface area contributed by atoms with Gasteiger partial charge >= 0.3 is 0 Å². The average Bonchev–Trinajstić information content (AvgIpc) is 2.99. The van der Waals surface area contributed by atoms with E-state index in [-0.39, 0.29) is 5.91 Å². The molecule has 0 unspecified atom stereocenters. The molecule has 0 radical (unpaired) electrons. The first-order valence-corrected chi connectivity index (χ1v) is 13.7. The SMILES string of the molecule is CCN1CCC(COc2cc3ncnc(-c4ccc(NC(=O)CCc5ccccc5)cc4)c3cc2OC)CC1. The van der Waals surface area contributed by atoms with Gasteiger partial charge in [-0.15, -0.1) is 0 Å². The highest BCUT2D eigenvalue weighted by Gasteiger charge is 2.20. The molecule has 1 fully saturated rings. The summed E-state index contributed by atoms with van der Waals surface area (Å²) in [6.07, 6.45) is 5.03. The second kappa shape index (κ2) is 12.7. The quantitative estimate of drug-likeness (QED) is 0.275. The number of hydrogen-bond acceptors (Lipinski definition) is 6. The Morgan fingerprint density at radius 3 is 2.49 bits per heavy atom. The fraction of sp³-hybridized carbons (Fsp3) is 0.344. The average molecular weight is 525 g/mol. The number of likely N-dealkylation sites (tertiary alicyclic amines) is 1. The number of nitrogens with one attached hydrogen (secondary N) is 1. The number of methoxy groups -OCH3 is 1. The molecule has 0 saturated carbocycles. The van der Waals surface area contributed by atoms with Gasteiger partial charge in [0.15, 0.2) is 11.5 Å². The Bertz CT molecular complexity index is 1380. The predicted octanol–water partition coefficient (Wildman–Crippen LogP) is 5.99. The fourth-order valence-electron chi connectivity index (χ4n) is 5.08. The number of fused-ring (bicyclic) bond motifs is 1. The molecule has 1 aromatic heterocycles. The van der Waals surface area contributed by atoms with Crippen molar-refractivity contribution in [2.24, 2.45) is 5.92 Å². The minimum atomic E-state index is -0.00716. The summed E-state index contributed by atoms with van der Waals surface area (Å²) in [5, 5.41) is 3.88. The minimum Gasteiger partial charge on any atom is -0.493 e. The lowest BCUT2D eigenvalue weighted by Gasteiger charge is -2.30. The molecule has 4 aromatic rings. The zero-order chi connectivity index (χ0) is 27.0. The molecule has 39 heavy (non-hydrogen) atoms. The molecule has 202 valence electrons. The molecule has 1 aliphatic rings. The van der Waals surface area contributed by atoms with Crippen molar-refractivity contribution < 1.29 is 14.3 Å². The van der Waals surface area contributed by atoms with Crippen molar-refractivity contribution in [2.75, 3.05) is 38.7 Å².